The van der Waals surface area contributed by atoms with E-state index in [4.69, 9.17) is 10.5 Å². The number of hydrogen-bond donors (Lipinski definition) is 4. The van der Waals surface area contributed by atoms with E-state index in [1.54, 1.807) is 35.6 Å². The maximum absolute atomic E-state index is 13.8. The van der Waals surface area contributed by atoms with Crippen molar-refractivity contribution in [3.63, 3.8) is 0 Å². The molecule has 4 aromatic rings. The molecule has 0 spiro atoms. The van der Waals surface area contributed by atoms with E-state index >= 15 is 0 Å². The summed E-state index contributed by atoms with van der Waals surface area (Å²) in [5.74, 6) is -1.67. The van der Waals surface area contributed by atoms with Gasteiger partial charge in [0.15, 0.2) is 5.69 Å². The third kappa shape index (κ3) is 6.82. The van der Waals surface area contributed by atoms with Gasteiger partial charge in [0, 0.05) is 45.8 Å². The number of aromatic carboxylic acids is 1. The molecule has 1 aliphatic carbocycles. The molecule has 1 atom stereocenters. The Morgan fingerprint density at radius 2 is 1.78 bits per heavy atom. The summed E-state index contributed by atoms with van der Waals surface area (Å²) in [5, 5.41) is 18.0. The Balaban J connectivity index is 0.00000128. The number of thiophene rings is 1. The highest BCUT2D eigenvalue weighted by molar-refractivity contribution is 7.13. The number of carboxylic acids is 1. The van der Waals surface area contributed by atoms with E-state index in [2.05, 4.69) is 29.5 Å². The third-order valence-electron chi connectivity index (χ3n) is 7.58. The first kappa shape index (κ1) is 31.6. The van der Waals surface area contributed by atoms with Crippen LogP contribution < -0.4 is 21.1 Å². The van der Waals surface area contributed by atoms with Gasteiger partial charge in [-0.25, -0.2) is 9.78 Å². The lowest BCUT2D eigenvalue weighted by atomic mass is 9.93. The van der Waals surface area contributed by atoms with Crippen LogP contribution in [0.4, 0.5) is 5.69 Å². The number of benzene rings is 2. The standard InChI is InChI=1S/C32H28N4O5S.C3H8/c1-17-2-8-25(17)36-31(38)26-9-7-21(28(35-26)32(39)40)22-15-27-24(29-19(10-12-41-27)11-13-42-29)14-23(22)30(37)34-20-5-3-18(16-33)4-6-20;1-3-2/h2-7,9,11,13-15,25H,8,10,12,16,33H2,1H3,(H,34,37)(H,36,38)(H,39,40);3H2,1-2H3. The number of carbonyl (C=O) groups is 3. The summed E-state index contributed by atoms with van der Waals surface area (Å²) in [4.78, 5) is 44.4. The minimum Gasteiger partial charge on any atom is -0.493 e. The maximum atomic E-state index is 13.8. The zero-order valence-electron chi connectivity index (χ0n) is 25.5. The molecule has 0 radical (unpaired) electrons. The predicted octanol–water partition coefficient (Wildman–Crippen LogP) is 6.69. The molecule has 2 amide bonds. The lowest BCUT2D eigenvalue weighted by molar-refractivity contribution is 0.0691. The number of amides is 2. The highest BCUT2D eigenvalue weighted by Crippen LogP contribution is 2.43. The number of pyridine rings is 1. The lowest BCUT2D eigenvalue weighted by Crippen LogP contribution is -2.39. The Morgan fingerprint density at radius 1 is 1.02 bits per heavy atom. The van der Waals surface area contributed by atoms with Crippen molar-refractivity contribution < 1.29 is 24.2 Å². The van der Waals surface area contributed by atoms with Gasteiger partial charge in [0.25, 0.3) is 11.8 Å². The number of hydrogen-bond acceptors (Lipinski definition) is 7. The number of rotatable bonds is 7. The molecule has 2 aromatic carbocycles. The Bertz CT molecular complexity index is 1780. The minimum atomic E-state index is -1.32. The molecule has 9 nitrogen and oxygen atoms in total. The summed E-state index contributed by atoms with van der Waals surface area (Å²) in [7, 11) is 0. The van der Waals surface area contributed by atoms with Crippen molar-refractivity contribution in [1.82, 2.24) is 10.3 Å². The zero-order valence-corrected chi connectivity index (χ0v) is 26.3. The average Bonchev–Trinajstić information content (AvgIpc) is 3.44. The van der Waals surface area contributed by atoms with Gasteiger partial charge in [-0.3, -0.25) is 9.59 Å². The molecule has 0 bridgehead atoms. The van der Waals surface area contributed by atoms with Crippen LogP contribution in [0.15, 0.2) is 71.6 Å². The second kappa shape index (κ2) is 13.9. The Kier molecular flexibility index (Phi) is 9.75. The molecular weight excluding hydrogens is 588 g/mol. The van der Waals surface area contributed by atoms with E-state index in [-0.39, 0.29) is 28.6 Å². The van der Waals surface area contributed by atoms with Gasteiger partial charge >= 0.3 is 5.97 Å². The molecule has 2 aliphatic rings. The van der Waals surface area contributed by atoms with Gasteiger partial charge in [0.2, 0.25) is 0 Å². The quantitative estimate of drug-likeness (QED) is 0.168. The van der Waals surface area contributed by atoms with Crippen molar-refractivity contribution >= 4 is 34.8 Å². The van der Waals surface area contributed by atoms with Gasteiger partial charge in [-0.05, 0) is 72.3 Å². The van der Waals surface area contributed by atoms with Crippen LogP contribution in [-0.2, 0) is 13.0 Å². The Morgan fingerprint density at radius 3 is 2.42 bits per heavy atom. The molecular formula is C35H36N4O5S. The molecule has 10 heteroatoms. The van der Waals surface area contributed by atoms with Gasteiger partial charge in [0.1, 0.15) is 11.4 Å². The van der Waals surface area contributed by atoms with Crippen molar-refractivity contribution in [1.29, 1.82) is 0 Å². The summed E-state index contributed by atoms with van der Waals surface area (Å²) in [6, 6.07) is 15.6. The average molecular weight is 625 g/mol. The molecule has 2 aromatic heterocycles. The number of carboxylic acid groups (broad SMARTS) is 1. The maximum Gasteiger partial charge on any atom is 0.355 e. The van der Waals surface area contributed by atoms with Crippen LogP contribution in [0.1, 0.15) is 76.1 Å². The first-order valence-electron chi connectivity index (χ1n) is 14.9. The van der Waals surface area contributed by atoms with Gasteiger partial charge in [-0.15, -0.1) is 11.3 Å². The van der Waals surface area contributed by atoms with E-state index in [1.807, 2.05) is 36.6 Å². The van der Waals surface area contributed by atoms with E-state index in [1.165, 1.54) is 18.6 Å². The van der Waals surface area contributed by atoms with Crippen molar-refractivity contribution in [3.8, 4) is 27.3 Å². The first-order valence-corrected chi connectivity index (χ1v) is 15.8. The second-order valence-corrected chi connectivity index (χ2v) is 11.9. The zero-order chi connectivity index (χ0) is 32.1. The molecule has 1 aliphatic heterocycles. The lowest BCUT2D eigenvalue weighted by Gasteiger charge is -2.25. The Hall–Kier alpha value is -4.80. The smallest absolute Gasteiger partial charge is 0.355 e. The molecule has 45 heavy (non-hydrogen) atoms. The summed E-state index contributed by atoms with van der Waals surface area (Å²) >= 11 is 1.56. The van der Waals surface area contributed by atoms with Crippen molar-refractivity contribution in [2.24, 2.45) is 5.73 Å². The van der Waals surface area contributed by atoms with Crippen molar-refractivity contribution in [2.45, 2.75) is 52.6 Å². The largest absolute Gasteiger partial charge is 0.493 e. The number of nitrogens with two attached hydrogens (primary N) is 1. The van der Waals surface area contributed by atoms with Crippen LogP contribution in [-0.4, -0.2) is 40.5 Å². The first-order chi connectivity index (χ1) is 21.7. The minimum absolute atomic E-state index is 0.0175. The summed E-state index contributed by atoms with van der Waals surface area (Å²) in [6.45, 7) is 6.99. The fourth-order valence-electron chi connectivity index (χ4n) is 5.09. The molecule has 5 N–H and O–H groups in total. The Labute approximate surface area is 266 Å². The summed E-state index contributed by atoms with van der Waals surface area (Å²) in [5.41, 5.74) is 10.5. The molecule has 232 valence electrons. The topological polar surface area (TPSA) is 144 Å². The van der Waals surface area contributed by atoms with Crippen LogP contribution in [0.5, 0.6) is 5.75 Å². The fourth-order valence-corrected chi connectivity index (χ4v) is 6.07. The van der Waals surface area contributed by atoms with E-state index in [0.717, 1.165) is 33.6 Å². The monoisotopic (exact) mass is 624 g/mol. The summed E-state index contributed by atoms with van der Waals surface area (Å²) < 4.78 is 6.09. The number of aromatic nitrogens is 1. The van der Waals surface area contributed by atoms with E-state index in [9.17, 15) is 19.5 Å². The SMILES string of the molecule is CC1=CCC1NC(=O)c1ccc(-c2cc3c(cc2C(=O)Nc2ccc(CN)cc2)-c2sccc2CCO3)c(C(=O)O)n1.CCC. The van der Waals surface area contributed by atoms with Crippen LogP contribution in [0.25, 0.3) is 21.6 Å². The highest BCUT2D eigenvalue weighted by Gasteiger charge is 2.27. The number of carbonyl (C=O) groups excluding carboxylic acids is 2. The molecule has 6 rings (SSSR count). The van der Waals surface area contributed by atoms with Gasteiger partial charge in [-0.1, -0.05) is 44.1 Å². The van der Waals surface area contributed by atoms with Gasteiger partial charge in [-0.2, -0.15) is 0 Å². The van der Waals surface area contributed by atoms with E-state index in [0.29, 0.717) is 36.6 Å². The van der Waals surface area contributed by atoms with Crippen molar-refractivity contribution in [3.05, 3.63) is 99.7 Å². The molecule has 0 saturated carbocycles. The number of fused-ring (bicyclic) bond motifs is 3. The fraction of sp³-hybridized carbons (Fsp3) is 0.257. The van der Waals surface area contributed by atoms with Crippen LogP contribution in [0.3, 0.4) is 0 Å². The van der Waals surface area contributed by atoms with Crippen LogP contribution >= 0.6 is 11.3 Å². The molecule has 0 saturated heterocycles. The number of ether oxygens (including phenoxy) is 1. The number of nitrogens with one attached hydrogen (secondary N) is 2. The van der Waals surface area contributed by atoms with Crippen LogP contribution in [0, 0.1) is 0 Å². The second-order valence-electron chi connectivity index (χ2n) is 10.9. The molecule has 0 fully saturated rings. The normalized spacial score (nSPS) is 14.6. The molecule has 3 heterocycles. The number of anilines is 1. The highest BCUT2D eigenvalue weighted by atomic mass is 32.1. The van der Waals surface area contributed by atoms with Gasteiger partial charge < -0.3 is 26.2 Å². The van der Waals surface area contributed by atoms with Crippen molar-refractivity contribution in [2.75, 3.05) is 11.9 Å². The van der Waals surface area contributed by atoms with Gasteiger partial charge in [0.05, 0.1) is 12.6 Å². The van der Waals surface area contributed by atoms with E-state index < -0.39 is 17.8 Å². The number of nitrogens with zero attached hydrogens (tertiary/aromatic N) is 1. The van der Waals surface area contributed by atoms with Crippen LogP contribution in [0.2, 0.25) is 0 Å². The predicted molar refractivity (Wildman–Crippen MR) is 177 cm³/mol. The summed E-state index contributed by atoms with van der Waals surface area (Å²) in [6.07, 6.45) is 4.69. The third-order valence-corrected chi connectivity index (χ3v) is 8.57. The molecule has 1 unspecified atom stereocenters.